The van der Waals surface area contributed by atoms with E-state index < -0.39 is 28.0 Å². The first-order chi connectivity index (χ1) is 18.4. The van der Waals surface area contributed by atoms with Crippen molar-refractivity contribution in [2.75, 3.05) is 11.5 Å². The summed E-state index contributed by atoms with van der Waals surface area (Å²) in [7, 11) is -4.25. The van der Waals surface area contributed by atoms with Crippen molar-refractivity contribution >= 4 is 67.3 Å². The van der Waals surface area contributed by atoms with Gasteiger partial charge >= 0.3 is 16.1 Å². The maximum Gasteiger partial charge on any atom is 0.339 e. The van der Waals surface area contributed by atoms with Crippen LogP contribution in [0.15, 0.2) is 69.5 Å². The van der Waals surface area contributed by atoms with Crippen LogP contribution in [0.5, 0.6) is 11.5 Å². The number of imide groups is 2. The first-order valence-electron chi connectivity index (χ1n) is 11.6. The molecule has 0 aromatic heterocycles. The number of halogens is 2. The summed E-state index contributed by atoms with van der Waals surface area (Å²) in [5, 5.41) is 2.03. The first kappa shape index (κ1) is 28.3. The molecule has 0 aliphatic carbocycles. The van der Waals surface area contributed by atoms with Crippen molar-refractivity contribution in [1.29, 1.82) is 0 Å². The quantitative estimate of drug-likeness (QED) is 0.206. The van der Waals surface area contributed by atoms with Crippen molar-refractivity contribution in [1.82, 2.24) is 5.32 Å². The fourth-order valence-electron chi connectivity index (χ4n) is 3.79. The third kappa shape index (κ3) is 6.00. The Morgan fingerprint density at radius 2 is 1.72 bits per heavy atom. The van der Waals surface area contributed by atoms with Crippen LogP contribution in [0.4, 0.5) is 10.5 Å². The number of urea groups is 1. The standard InChI is InChI=1S/C27H22BrClN2O7S/c1-4-37-23-14-17(13-21(29)24(23)38-39(35,36)19-8-5-15(2)6-9-19)12-20-25(32)30-27(34)31(26(20)33)22-10-7-18(28)11-16(22)3/h5-14H,4H2,1-3H3,(H,30,32,34)/b20-12-. The smallest absolute Gasteiger partial charge is 0.339 e. The second kappa shape index (κ2) is 11.2. The molecule has 1 fully saturated rings. The summed E-state index contributed by atoms with van der Waals surface area (Å²) in [6, 6.07) is 12.9. The SMILES string of the molecule is CCOc1cc(/C=C2/C(=O)NC(=O)N(c3ccc(Br)cc3C)C2=O)cc(Cl)c1OS(=O)(=O)c1ccc(C)cc1. The van der Waals surface area contributed by atoms with Gasteiger partial charge in [0, 0.05) is 4.47 Å². The Hall–Kier alpha value is -3.67. The van der Waals surface area contributed by atoms with Crippen molar-refractivity contribution in [3.05, 3.63) is 86.4 Å². The lowest BCUT2D eigenvalue weighted by Crippen LogP contribution is -2.54. The molecule has 0 bridgehead atoms. The summed E-state index contributed by atoms with van der Waals surface area (Å²) < 4.78 is 37.4. The van der Waals surface area contributed by atoms with E-state index in [1.165, 1.54) is 30.3 Å². The van der Waals surface area contributed by atoms with E-state index in [1.807, 2.05) is 6.92 Å². The number of carbonyl (C=O) groups excluding carboxylic acids is 3. The zero-order valence-electron chi connectivity index (χ0n) is 20.9. The van der Waals surface area contributed by atoms with Gasteiger partial charge in [-0.1, -0.05) is 45.2 Å². The van der Waals surface area contributed by atoms with Crippen LogP contribution in [-0.2, 0) is 19.7 Å². The van der Waals surface area contributed by atoms with Crippen molar-refractivity contribution < 1.29 is 31.7 Å². The predicted octanol–water partition coefficient (Wildman–Crippen LogP) is 5.55. The van der Waals surface area contributed by atoms with Crippen LogP contribution in [0.3, 0.4) is 0 Å². The van der Waals surface area contributed by atoms with Gasteiger partial charge in [0.15, 0.2) is 5.75 Å². The number of anilines is 1. The topological polar surface area (TPSA) is 119 Å². The minimum Gasteiger partial charge on any atom is -0.490 e. The van der Waals surface area contributed by atoms with Gasteiger partial charge in [-0.05, 0) is 80.4 Å². The highest BCUT2D eigenvalue weighted by Gasteiger charge is 2.37. The van der Waals surface area contributed by atoms with E-state index in [1.54, 1.807) is 44.2 Å². The maximum atomic E-state index is 13.3. The molecular formula is C27H22BrClN2O7S. The Bertz CT molecular complexity index is 1640. The molecule has 0 atom stereocenters. The fourth-order valence-corrected chi connectivity index (χ4v) is 5.53. The van der Waals surface area contributed by atoms with Crippen LogP contribution in [0.1, 0.15) is 23.6 Å². The fraction of sp³-hybridized carbons (Fsp3) is 0.148. The number of rotatable bonds is 7. The third-order valence-electron chi connectivity index (χ3n) is 5.65. The summed E-state index contributed by atoms with van der Waals surface area (Å²) in [6.45, 7) is 5.36. The summed E-state index contributed by atoms with van der Waals surface area (Å²) in [6.07, 6.45) is 1.23. The van der Waals surface area contributed by atoms with Gasteiger partial charge in [-0.15, -0.1) is 0 Å². The monoisotopic (exact) mass is 632 g/mol. The molecule has 12 heteroatoms. The van der Waals surface area contributed by atoms with Crippen LogP contribution in [0.2, 0.25) is 5.02 Å². The molecule has 9 nitrogen and oxygen atoms in total. The summed E-state index contributed by atoms with van der Waals surface area (Å²) in [5.74, 6) is -2.01. The number of nitrogens with zero attached hydrogens (tertiary/aromatic N) is 1. The molecule has 1 aliphatic rings. The van der Waals surface area contributed by atoms with Gasteiger partial charge in [0.1, 0.15) is 10.5 Å². The first-order valence-corrected chi connectivity index (χ1v) is 14.1. The average molecular weight is 634 g/mol. The Morgan fingerprint density at radius 3 is 2.36 bits per heavy atom. The van der Waals surface area contributed by atoms with Gasteiger partial charge in [0.05, 0.1) is 17.3 Å². The molecule has 3 aromatic rings. The number of barbiturate groups is 1. The average Bonchev–Trinajstić information content (AvgIpc) is 2.85. The number of aryl methyl sites for hydroxylation is 2. The van der Waals surface area contributed by atoms with Crippen molar-refractivity contribution in [2.45, 2.75) is 25.7 Å². The van der Waals surface area contributed by atoms with E-state index in [0.29, 0.717) is 11.3 Å². The molecule has 1 N–H and O–H groups in total. The number of ether oxygens (including phenoxy) is 1. The normalized spacial score (nSPS) is 14.9. The van der Waals surface area contributed by atoms with Crippen LogP contribution >= 0.6 is 27.5 Å². The Balaban J connectivity index is 1.73. The zero-order valence-corrected chi connectivity index (χ0v) is 24.1. The number of nitrogens with one attached hydrogen (secondary N) is 1. The second-order valence-electron chi connectivity index (χ2n) is 8.50. The molecule has 3 aromatic carbocycles. The van der Waals surface area contributed by atoms with Gasteiger partial charge in [-0.2, -0.15) is 8.42 Å². The van der Waals surface area contributed by atoms with Crippen LogP contribution in [0.25, 0.3) is 6.08 Å². The maximum absolute atomic E-state index is 13.3. The molecule has 0 spiro atoms. The molecular weight excluding hydrogens is 612 g/mol. The predicted molar refractivity (Wildman–Crippen MR) is 149 cm³/mol. The van der Waals surface area contributed by atoms with Gasteiger partial charge in [0.25, 0.3) is 11.8 Å². The Labute approximate surface area is 238 Å². The summed E-state index contributed by atoms with van der Waals surface area (Å²) in [4.78, 5) is 39.3. The molecule has 1 aliphatic heterocycles. The highest BCUT2D eigenvalue weighted by atomic mass is 79.9. The van der Waals surface area contributed by atoms with E-state index in [4.69, 9.17) is 20.5 Å². The molecule has 4 rings (SSSR count). The third-order valence-corrected chi connectivity index (χ3v) is 7.66. The molecule has 0 radical (unpaired) electrons. The number of amides is 4. The van der Waals surface area contributed by atoms with E-state index in [0.717, 1.165) is 14.9 Å². The molecule has 1 saturated heterocycles. The van der Waals surface area contributed by atoms with Crippen LogP contribution < -0.4 is 19.1 Å². The Morgan fingerprint density at radius 1 is 1.03 bits per heavy atom. The van der Waals surface area contributed by atoms with E-state index in [9.17, 15) is 22.8 Å². The van der Waals surface area contributed by atoms with E-state index in [-0.39, 0.29) is 39.2 Å². The zero-order chi connectivity index (χ0) is 28.5. The second-order valence-corrected chi connectivity index (χ2v) is 11.4. The number of hydrogen-bond acceptors (Lipinski definition) is 7. The number of benzene rings is 3. The number of hydrogen-bond donors (Lipinski definition) is 1. The largest absolute Gasteiger partial charge is 0.490 e. The molecule has 1 heterocycles. The molecule has 4 amide bonds. The molecule has 0 unspecified atom stereocenters. The van der Waals surface area contributed by atoms with Crippen LogP contribution in [-0.4, -0.2) is 32.9 Å². The minimum absolute atomic E-state index is 0.0205. The highest BCUT2D eigenvalue weighted by molar-refractivity contribution is 9.10. The van der Waals surface area contributed by atoms with Crippen molar-refractivity contribution in [2.24, 2.45) is 0 Å². The molecule has 202 valence electrons. The lowest BCUT2D eigenvalue weighted by Gasteiger charge is -2.27. The van der Waals surface area contributed by atoms with Gasteiger partial charge in [-0.3, -0.25) is 14.9 Å². The summed E-state index contributed by atoms with van der Waals surface area (Å²) in [5.41, 5.74) is 1.70. The Kier molecular flexibility index (Phi) is 8.15. The lowest BCUT2D eigenvalue weighted by atomic mass is 10.1. The summed E-state index contributed by atoms with van der Waals surface area (Å²) >= 11 is 9.75. The van der Waals surface area contributed by atoms with Crippen LogP contribution in [0, 0.1) is 13.8 Å². The van der Waals surface area contributed by atoms with Gasteiger partial charge in [-0.25, -0.2) is 9.69 Å². The number of carbonyl (C=O) groups is 3. The van der Waals surface area contributed by atoms with Gasteiger partial charge in [0.2, 0.25) is 5.75 Å². The molecule has 0 saturated carbocycles. The van der Waals surface area contributed by atoms with Crippen molar-refractivity contribution in [3.8, 4) is 11.5 Å². The van der Waals surface area contributed by atoms with E-state index in [2.05, 4.69) is 21.2 Å². The minimum atomic E-state index is -4.25. The van der Waals surface area contributed by atoms with E-state index >= 15 is 0 Å². The highest BCUT2D eigenvalue weighted by Crippen LogP contribution is 2.39. The lowest BCUT2D eigenvalue weighted by molar-refractivity contribution is -0.122. The van der Waals surface area contributed by atoms with Gasteiger partial charge < -0.3 is 8.92 Å². The van der Waals surface area contributed by atoms with Crippen molar-refractivity contribution in [3.63, 3.8) is 0 Å². The molecule has 39 heavy (non-hydrogen) atoms.